The van der Waals surface area contributed by atoms with Crippen molar-refractivity contribution >= 4 is 34.3 Å². The minimum Gasteiger partial charge on any atom is -0.322 e. The van der Waals surface area contributed by atoms with Gasteiger partial charge in [-0.15, -0.1) is 0 Å². The van der Waals surface area contributed by atoms with Gasteiger partial charge in [0, 0.05) is 41.5 Å². The Labute approximate surface area is 146 Å². The van der Waals surface area contributed by atoms with Crippen molar-refractivity contribution in [1.82, 2.24) is 9.80 Å². The van der Waals surface area contributed by atoms with Crippen molar-refractivity contribution in [3.8, 4) is 0 Å². The van der Waals surface area contributed by atoms with Crippen molar-refractivity contribution in [3.63, 3.8) is 0 Å². The molecule has 1 aliphatic heterocycles. The maximum absolute atomic E-state index is 12.3. The fraction of sp³-hybridized carbons (Fsp3) is 0.588. The van der Waals surface area contributed by atoms with Crippen LogP contribution >= 0.6 is 22.6 Å². The lowest BCUT2D eigenvalue weighted by atomic mass is 9.94. The molecule has 2 amide bonds. The Balaban J connectivity index is 1.48. The quantitative estimate of drug-likeness (QED) is 0.750. The number of benzene rings is 1. The first-order valence-electron chi connectivity index (χ1n) is 8.28. The van der Waals surface area contributed by atoms with E-state index in [0.29, 0.717) is 0 Å². The molecule has 120 valence electrons. The topological polar surface area (TPSA) is 35.6 Å². The third kappa shape index (κ3) is 4.13. The Hall–Kier alpha value is -0.820. The molecule has 0 radical (unpaired) electrons. The molecule has 0 unspecified atom stereocenters. The lowest BCUT2D eigenvalue weighted by molar-refractivity contribution is 0.0943. The number of nitrogens with zero attached hydrogens (tertiary/aromatic N) is 2. The molecule has 1 N–H and O–H groups in total. The highest BCUT2D eigenvalue weighted by atomic mass is 127. The molecule has 3 rings (SSSR count). The molecule has 0 spiro atoms. The summed E-state index contributed by atoms with van der Waals surface area (Å²) in [4.78, 5) is 16.9. The molecule has 2 fully saturated rings. The summed E-state index contributed by atoms with van der Waals surface area (Å²) in [7, 11) is 0. The van der Waals surface area contributed by atoms with Gasteiger partial charge in [0.1, 0.15) is 0 Å². The van der Waals surface area contributed by atoms with Crippen LogP contribution in [0.2, 0.25) is 0 Å². The number of carbonyl (C=O) groups is 1. The van der Waals surface area contributed by atoms with Gasteiger partial charge in [-0.05, 0) is 59.7 Å². The number of hydrogen-bond donors (Lipinski definition) is 1. The van der Waals surface area contributed by atoms with Gasteiger partial charge >= 0.3 is 6.03 Å². The van der Waals surface area contributed by atoms with E-state index in [1.54, 1.807) is 0 Å². The monoisotopic (exact) mass is 413 g/mol. The fourth-order valence-electron chi connectivity index (χ4n) is 3.47. The van der Waals surface area contributed by atoms with E-state index in [4.69, 9.17) is 0 Å². The van der Waals surface area contributed by atoms with Crippen molar-refractivity contribution < 1.29 is 4.79 Å². The van der Waals surface area contributed by atoms with Crippen LogP contribution < -0.4 is 5.32 Å². The minimum atomic E-state index is 0.0319. The maximum atomic E-state index is 12.3. The van der Waals surface area contributed by atoms with Gasteiger partial charge < -0.3 is 10.2 Å². The minimum absolute atomic E-state index is 0.0319. The highest BCUT2D eigenvalue weighted by molar-refractivity contribution is 14.1. The summed E-state index contributed by atoms with van der Waals surface area (Å²) in [5, 5.41) is 3.00. The third-order valence-electron chi connectivity index (χ3n) is 4.79. The SMILES string of the molecule is O=C(Nc1ccc(I)cc1)N1CCN(C2CCCCC2)CC1. The van der Waals surface area contributed by atoms with Crippen LogP contribution in [0, 0.1) is 3.57 Å². The molecule has 0 bridgehead atoms. The van der Waals surface area contributed by atoms with Gasteiger partial charge in [-0.1, -0.05) is 19.3 Å². The van der Waals surface area contributed by atoms with E-state index in [1.165, 1.54) is 35.7 Å². The molecular formula is C17H24IN3O. The Kier molecular flexibility index (Phi) is 5.57. The van der Waals surface area contributed by atoms with Crippen molar-refractivity contribution in [2.75, 3.05) is 31.5 Å². The van der Waals surface area contributed by atoms with Crippen molar-refractivity contribution in [2.24, 2.45) is 0 Å². The fourth-order valence-corrected chi connectivity index (χ4v) is 3.83. The summed E-state index contributed by atoms with van der Waals surface area (Å²) in [6.45, 7) is 3.72. The van der Waals surface area contributed by atoms with Crippen molar-refractivity contribution in [2.45, 2.75) is 38.1 Å². The predicted molar refractivity (Wildman–Crippen MR) is 98.2 cm³/mol. The van der Waals surface area contributed by atoms with E-state index in [9.17, 15) is 4.79 Å². The predicted octanol–water partition coefficient (Wildman–Crippen LogP) is 3.77. The highest BCUT2D eigenvalue weighted by Gasteiger charge is 2.26. The van der Waals surface area contributed by atoms with Gasteiger partial charge in [0.25, 0.3) is 0 Å². The van der Waals surface area contributed by atoms with Crippen LogP contribution in [0.3, 0.4) is 0 Å². The van der Waals surface area contributed by atoms with Gasteiger partial charge in [-0.3, -0.25) is 4.90 Å². The normalized spacial score (nSPS) is 20.9. The first kappa shape index (κ1) is 16.1. The lowest BCUT2D eigenvalue weighted by Crippen LogP contribution is -2.53. The van der Waals surface area contributed by atoms with Crippen molar-refractivity contribution in [3.05, 3.63) is 27.8 Å². The van der Waals surface area contributed by atoms with Crippen LogP contribution in [-0.2, 0) is 0 Å². The molecule has 1 saturated carbocycles. The molecule has 1 aromatic rings. The second-order valence-corrected chi connectivity index (χ2v) is 7.50. The van der Waals surface area contributed by atoms with E-state index >= 15 is 0 Å². The molecule has 0 aromatic heterocycles. The molecule has 22 heavy (non-hydrogen) atoms. The molecule has 0 atom stereocenters. The van der Waals surface area contributed by atoms with Crippen LogP contribution in [0.4, 0.5) is 10.5 Å². The summed E-state index contributed by atoms with van der Waals surface area (Å²) >= 11 is 2.27. The van der Waals surface area contributed by atoms with E-state index < -0.39 is 0 Å². The number of nitrogens with one attached hydrogen (secondary N) is 1. The molecule has 1 aliphatic carbocycles. The van der Waals surface area contributed by atoms with Crippen LogP contribution in [0.5, 0.6) is 0 Å². The van der Waals surface area contributed by atoms with Gasteiger partial charge in [-0.25, -0.2) is 4.79 Å². The Morgan fingerprint density at radius 1 is 1.00 bits per heavy atom. The van der Waals surface area contributed by atoms with Crippen LogP contribution in [0.15, 0.2) is 24.3 Å². The number of urea groups is 1. The first-order chi connectivity index (χ1) is 10.7. The van der Waals surface area contributed by atoms with Crippen molar-refractivity contribution in [1.29, 1.82) is 0 Å². The van der Waals surface area contributed by atoms with E-state index in [2.05, 4.69) is 32.8 Å². The number of piperazine rings is 1. The average Bonchev–Trinajstić information content (AvgIpc) is 2.58. The zero-order valence-electron chi connectivity index (χ0n) is 12.9. The summed E-state index contributed by atoms with van der Waals surface area (Å²) in [6.07, 6.45) is 6.83. The molecule has 1 aromatic carbocycles. The lowest BCUT2D eigenvalue weighted by Gasteiger charge is -2.40. The average molecular weight is 413 g/mol. The molecule has 4 nitrogen and oxygen atoms in total. The summed E-state index contributed by atoms with van der Waals surface area (Å²) in [6, 6.07) is 8.73. The summed E-state index contributed by atoms with van der Waals surface area (Å²) in [5.41, 5.74) is 0.875. The Morgan fingerprint density at radius 3 is 2.27 bits per heavy atom. The largest absolute Gasteiger partial charge is 0.322 e. The Morgan fingerprint density at radius 2 is 1.64 bits per heavy atom. The van der Waals surface area contributed by atoms with E-state index in [1.807, 2.05) is 29.2 Å². The summed E-state index contributed by atoms with van der Waals surface area (Å²) < 4.78 is 1.18. The highest BCUT2D eigenvalue weighted by Crippen LogP contribution is 2.23. The summed E-state index contributed by atoms with van der Waals surface area (Å²) in [5.74, 6) is 0. The number of halogens is 1. The second-order valence-electron chi connectivity index (χ2n) is 6.25. The second kappa shape index (κ2) is 7.64. The van der Waals surface area contributed by atoms with Gasteiger partial charge in [0.15, 0.2) is 0 Å². The number of hydrogen-bond acceptors (Lipinski definition) is 2. The number of carbonyl (C=O) groups excluding carboxylic acids is 1. The number of rotatable bonds is 2. The van der Waals surface area contributed by atoms with Crippen LogP contribution in [0.1, 0.15) is 32.1 Å². The third-order valence-corrected chi connectivity index (χ3v) is 5.51. The van der Waals surface area contributed by atoms with Gasteiger partial charge in [0.2, 0.25) is 0 Å². The van der Waals surface area contributed by atoms with Gasteiger partial charge in [-0.2, -0.15) is 0 Å². The molecule has 1 saturated heterocycles. The van der Waals surface area contributed by atoms with Crippen LogP contribution in [0.25, 0.3) is 0 Å². The van der Waals surface area contributed by atoms with Crippen LogP contribution in [-0.4, -0.2) is 48.1 Å². The zero-order chi connectivity index (χ0) is 15.4. The molecular weight excluding hydrogens is 389 g/mol. The molecule has 1 heterocycles. The first-order valence-corrected chi connectivity index (χ1v) is 9.36. The zero-order valence-corrected chi connectivity index (χ0v) is 15.1. The number of anilines is 1. The maximum Gasteiger partial charge on any atom is 0.321 e. The smallest absolute Gasteiger partial charge is 0.321 e. The standard InChI is InChI=1S/C17H24IN3O/c18-14-6-8-15(9-7-14)19-17(22)21-12-10-20(11-13-21)16-4-2-1-3-5-16/h6-9,16H,1-5,10-13H2,(H,19,22). The van der Waals surface area contributed by atoms with E-state index in [-0.39, 0.29) is 6.03 Å². The molecule has 5 heteroatoms. The van der Waals surface area contributed by atoms with E-state index in [0.717, 1.165) is 37.9 Å². The Bertz CT molecular complexity index is 491. The van der Waals surface area contributed by atoms with Gasteiger partial charge in [0.05, 0.1) is 0 Å². The molecule has 2 aliphatic rings. The number of amides is 2.